The maximum atomic E-state index is 7.50. The van der Waals surface area contributed by atoms with Crippen LogP contribution in [-0.4, -0.2) is 24.2 Å². The first-order valence-electron chi connectivity index (χ1n) is 4.02. The zero-order chi connectivity index (χ0) is 10.6. The molecule has 0 bridgehead atoms. The van der Waals surface area contributed by atoms with E-state index in [2.05, 4.69) is 10.7 Å². The Labute approximate surface area is 78.6 Å². The first-order valence-corrected chi connectivity index (χ1v) is 4.02. The maximum Gasteiger partial charge on any atom is 0.100 e. The second-order valence-electron chi connectivity index (χ2n) is 2.66. The van der Waals surface area contributed by atoms with Crippen molar-refractivity contribution >= 4 is 17.1 Å². The van der Waals surface area contributed by atoms with E-state index in [-0.39, 0.29) is 5.71 Å². The van der Waals surface area contributed by atoms with Crippen LogP contribution in [0.2, 0.25) is 0 Å². The van der Waals surface area contributed by atoms with Gasteiger partial charge in [0.2, 0.25) is 0 Å². The second kappa shape index (κ2) is 4.67. The van der Waals surface area contributed by atoms with Crippen molar-refractivity contribution in [2.45, 2.75) is 20.8 Å². The van der Waals surface area contributed by atoms with Crippen LogP contribution < -0.4 is 5.73 Å². The monoisotopic (exact) mass is 180 g/mol. The predicted octanol–water partition coefficient (Wildman–Crippen LogP) is 1.37. The van der Waals surface area contributed by atoms with Crippen LogP contribution in [0.3, 0.4) is 0 Å². The van der Waals surface area contributed by atoms with Crippen LogP contribution >= 0.6 is 0 Å². The van der Waals surface area contributed by atoms with E-state index in [0.29, 0.717) is 11.4 Å². The predicted molar refractivity (Wildman–Crippen MR) is 57.0 cm³/mol. The summed E-state index contributed by atoms with van der Waals surface area (Å²) in [6.45, 7) is 5.44. The van der Waals surface area contributed by atoms with Gasteiger partial charge in [0.15, 0.2) is 0 Å². The van der Waals surface area contributed by atoms with Gasteiger partial charge in [0.1, 0.15) is 5.71 Å². The van der Waals surface area contributed by atoms with E-state index < -0.39 is 0 Å². The summed E-state index contributed by atoms with van der Waals surface area (Å²) in [5, 5.41) is 14.9. The van der Waals surface area contributed by atoms with Crippen molar-refractivity contribution in [3.05, 3.63) is 11.3 Å². The molecule has 0 fully saturated rings. The summed E-state index contributed by atoms with van der Waals surface area (Å²) in [6.07, 6.45) is 0. The highest BCUT2D eigenvalue weighted by molar-refractivity contribution is 6.70. The van der Waals surface area contributed by atoms with Crippen LogP contribution in [0, 0.1) is 10.8 Å². The van der Waals surface area contributed by atoms with Gasteiger partial charge in [0.25, 0.3) is 0 Å². The van der Waals surface area contributed by atoms with Gasteiger partial charge in [-0.1, -0.05) is 0 Å². The molecule has 0 radical (unpaired) electrons. The Balaban J connectivity index is 0.000000671. The molecule has 1 heterocycles. The fraction of sp³-hybridized carbons (Fsp3) is 0.444. The molecule has 13 heavy (non-hydrogen) atoms. The van der Waals surface area contributed by atoms with Crippen molar-refractivity contribution in [1.82, 2.24) is 0 Å². The van der Waals surface area contributed by atoms with E-state index in [9.17, 15) is 0 Å². The molecule has 0 spiro atoms. The number of hydrogen-bond donors (Lipinski definition) is 3. The molecule has 0 aromatic carbocycles. The molecule has 0 amide bonds. The maximum absolute atomic E-state index is 7.50. The van der Waals surface area contributed by atoms with Gasteiger partial charge in [-0.05, 0) is 33.4 Å². The van der Waals surface area contributed by atoms with Crippen LogP contribution in [-0.2, 0) is 0 Å². The lowest BCUT2D eigenvalue weighted by Crippen LogP contribution is -2.25. The Kier molecular flexibility index (Phi) is 4.20. The van der Waals surface area contributed by atoms with E-state index in [0.717, 1.165) is 11.3 Å². The van der Waals surface area contributed by atoms with E-state index >= 15 is 0 Å². The molecule has 4 N–H and O–H groups in total. The standard InChI is InChI=1S/C8H11N3.CH5N/c1-4-5(2)11-6(3)8(10)7(4)9;1-2/h9-10H,1-3H3;2H2,1H3. The van der Waals surface area contributed by atoms with Gasteiger partial charge in [0.05, 0.1) is 11.4 Å². The zero-order valence-electron chi connectivity index (χ0n) is 8.52. The van der Waals surface area contributed by atoms with Gasteiger partial charge in [-0.25, -0.2) is 0 Å². The third kappa shape index (κ3) is 2.32. The smallest absolute Gasteiger partial charge is 0.100 e. The third-order valence-corrected chi connectivity index (χ3v) is 1.86. The number of nitrogens with two attached hydrogens (primary N) is 1. The highest BCUT2D eigenvalue weighted by Crippen LogP contribution is 2.13. The Morgan fingerprint density at radius 3 is 1.92 bits per heavy atom. The number of aliphatic imine (C=N–C) groups is 1. The summed E-state index contributed by atoms with van der Waals surface area (Å²) in [4.78, 5) is 4.13. The SMILES string of the molecule is CC1=NC(C)=C(C)C(=N)C1=N.CN. The average Bonchev–Trinajstić information content (AvgIpc) is 2.15. The van der Waals surface area contributed by atoms with Gasteiger partial charge in [-0.2, -0.15) is 0 Å². The molecule has 72 valence electrons. The molecule has 0 saturated carbocycles. The molecule has 1 aliphatic heterocycles. The van der Waals surface area contributed by atoms with Crippen LogP contribution in [0.1, 0.15) is 20.8 Å². The number of nitrogens with one attached hydrogen (secondary N) is 2. The quantitative estimate of drug-likeness (QED) is 0.516. The van der Waals surface area contributed by atoms with Gasteiger partial charge in [0, 0.05) is 5.70 Å². The van der Waals surface area contributed by atoms with Crippen molar-refractivity contribution in [3.8, 4) is 0 Å². The van der Waals surface area contributed by atoms with E-state index in [4.69, 9.17) is 10.8 Å². The number of nitrogens with zero attached hydrogens (tertiary/aromatic N) is 1. The van der Waals surface area contributed by atoms with Gasteiger partial charge < -0.3 is 5.73 Å². The number of rotatable bonds is 0. The highest BCUT2D eigenvalue weighted by atomic mass is 14.8. The fourth-order valence-electron chi connectivity index (χ4n) is 0.941. The van der Waals surface area contributed by atoms with Crippen LogP contribution in [0.4, 0.5) is 0 Å². The molecule has 1 aliphatic rings. The lowest BCUT2D eigenvalue weighted by Gasteiger charge is -2.13. The zero-order valence-corrected chi connectivity index (χ0v) is 8.52. The highest BCUT2D eigenvalue weighted by Gasteiger charge is 2.16. The third-order valence-electron chi connectivity index (χ3n) is 1.86. The lowest BCUT2D eigenvalue weighted by atomic mass is 10.0. The summed E-state index contributed by atoms with van der Waals surface area (Å²) in [6, 6.07) is 0. The van der Waals surface area contributed by atoms with E-state index in [1.54, 1.807) is 6.92 Å². The summed E-state index contributed by atoms with van der Waals surface area (Å²) in [5.41, 5.74) is 7.34. The van der Waals surface area contributed by atoms with Gasteiger partial charge >= 0.3 is 0 Å². The molecule has 1 rings (SSSR count). The van der Waals surface area contributed by atoms with Crippen molar-refractivity contribution in [2.75, 3.05) is 7.05 Å². The minimum absolute atomic E-state index is 0.244. The van der Waals surface area contributed by atoms with Crippen LogP contribution in [0.15, 0.2) is 16.3 Å². The van der Waals surface area contributed by atoms with Crippen molar-refractivity contribution in [1.29, 1.82) is 10.8 Å². The summed E-state index contributed by atoms with van der Waals surface area (Å²) >= 11 is 0. The molecule has 4 heteroatoms. The molecule has 0 unspecified atom stereocenters. The normalized spacial score (nSPS) is 16.5. The lowest BCUT2D eigenvalue weighted by molar-refractivity contribution is 1.23. The summed E-state index contributed by atoms with van der Waals surface area (Å²) < 4.78 is 0. The molecule has 0 atom stereocenters. The van der Waals surface area contributed by atoms with Crippen molar-refractivity contribution in [3.63, 3.8) is 0 Å². The molecule has 0 aromatic rings. The Hall–Kier alpha value is -1.29. The van der Waals surface area contributed by atoms with Crippen molar-refractivity contribution in [2.24, 2.45) is 10.7 Å². The average molecular weight is 180 g/mol. The summed E-state index contributed by atoms with van der Waals surface area (Å²) in [5.74, 6) is 0. The number of allylic oxidation sites excluding steroid dienone is 2. The number of hydrogen-bond acceptors (Lipinski definition) is 4. The van der Waals surface area contributed by atoms with Crippen LogP contribution in [0.25, 0.3) is 0 Å². The van der Waals surface area contributed by atoms with E-state index in [1.165, 1.54) is 7.05 Å². The van der Waals surface area contributed by atoms with Crippen molar-refractivity contribution < 1.29 is 0 Å². The second-order valence-corrected chi connectivity index (χ2v) is 2.66. The van der Waals surface area contributed by atoms with Gasteiger partial charge in [-0.3, -0.25) is 15.8 Å². The molecule has 4 nitrogen and oxygen atoms in total. The molecule has 0 saturated heterocycles. The minimum Gasteiger partial charge on any atom is -0.333 e. The largest absolute Gasteiger partial charge is 0.333 e. The summed E-state index contributed by atoms with van der Waals surface area (Å²) in [7, 11) is 1.50. The van der Waals surface area contributed by atoms with Crippen LogP contribution in [0.5, 0.6) is 0 Å². The molecule has 0 aliphatic carbocycles. The molecule has 0 aromatic heterocycles. The van der Waals surface area contributed by atoms with E-state index in [1.807, 2.05) is 13.8 Å². The Morgan fingerprint density at radius 2 is 1.46 bits per heavy atom. The topological polar surface area (TPSA) is 86.1 Å². The Bertz CT molecular complexity index is 293. The first kappa shape index (κ1) is 11.7. The minimum atomic E-state index is 0.244. The van der Waals surface area contributed by atoms with Gasteiger partial charge in [-0.15, -0.1) is 0 Å². The molecular formula is C9H16N4. The fourth-order valence-corrected chi connectivity index (χ4v) is 0.941. The molecular weight excluding hydrogens is 164 g/mol. The first-order chi connectivity index (χ1) is 6.04. The Morgan fingerprint density at radius 1 is 1.00 bits per heavy atom.